The van der Waals surface area contributed by atoms with E-state index in [9.17, 15) is 14.4 Å². The van der Waals surface area contributed by atoms with E-state index in [0.717, 1.165) is 67.3 Å². The number of hydrogen-bond acceptors (Lipinski definition) is 14. The summed E-state index contributed by atoms with van der Waals surface area (Å²) in [5, 5.41) is 6.29. The van der Waals surface area contributed by atoms with Crippen molar-refractivity contribution in [2.45, 2.75) is 102 Å². The maximum atomic E-state index is 14.0. The van der Waals surface area contributed by atoms with E-state index in [1.54, 1.807) is 18.6 Å². The van der Waals surface area contributed by atoms with Gasteiger partial charge in [0.2, 0.25) is 17.7 Å². The van der Waals surface area contributed by atoms with E-state index < -0.39 is 12.1 Å². The van der Waals surface area contributed by atoms with Crippen molar-refractivity contribution in [1.82, 2.24) is 40.5 Å². The van der Waals surface area contributed by atoms with Gasteiger partial charge in [0.25, 0.3) is 5.91 Å². The van der Waals surface area contributed by atoms with Gasteiger partial charge in [0.15, 0.2) is 5.58 Å². The van der Waals surface area contributed by atoms with Crippen molar-refractivity contribution in [2.24, 2.45) is 5.92 Å². The van der Waals surface area contributed by atoms with E-state index in [0.29, 0.717) is 109 Å². The van der Waals surface area contributed by atoms with Gasteiger partial charge in [-0.1, -0.05) is 37.1 Å². The molecule has 2 saturated heterocycles. The number of ether oxygens (including phenoxy) is 3. The van der Waals surface area contributed by atoms with Crippen molar-refractivity contribution in [3.05, 3.63) is 138 Å². The van der Waals surface area contributed by atoms with Crippen LogP contribution in [0, 0.1) is 12.8 Å². The Hall–Kier alpha value is -7.92. The quantitative estimate of drug-likeness (QED) is 0.0510. The van der Waals surface area contributed by atoms with Gasteiger partial charge in [-0.3, -0.25) is 24.4 Å². The number of anilines is 2. The SMILES string of the molecule is Cc1nc([C@H](C)NC(=O)c2ccc(-c3ccc(N)cc3)cc2)cc(N2[C@H](C(=O)NCCCC(=O)N3CCC(OCCOc4ccc(COc5ccc6oc(-c7cccnc7)nc6c5)nc4)CC3)C[C@@H]3CCCC[C@@H]32)n1. The highest BCUT2D eigenvalue weighted by molar-refractivity contribution is 5.95. The Morgan fingerprint density at radius 3 is 2.39 bits per heavy atom. The Morgan fingerprint density at radius 2 is 1.61 bits per heavy atom. The number of nitrogens with zero attached hydrogens (tertiary/aromatic N) is 7. The van der Waals surface area contributed by atoms with E-state index >= 15 is 0 Å². The van der Waals surface area contributed by atoms with Crippen molar-refractivity contribution in [3.8, 4) is 34.1 Å². The molecule has 1 aliphatic carbocycles. The number of rotatable bonds is 19. The molecule has 17 nitrogen and oxygen atoms in total. The van der Waals surface area contributed by atoms with Gasteiger partial charge in [0.05, 0.1) is 41.9 Å². The van der Waals surface area contributed by atoms with Crippen LogP contribution in [0.4, 0.5) is 11.5 Å². The summed E-state index contributed by atoms with van der Waals surface area (Å²) in [4.78, 5) is 67.7. The summed E-state index contributed by atoms with van der Waals surface area (Å²) in [7, 11) is 0. The first-order valence-corrected chi connectivity index (χ1v) is 26.2. The number of benzene rings is 3. The Kier molecular flexibility index (Phi) is 15.9. The number of hydrogen-bond donors (Lipinski definition) is 3. The van der Waals surface area contributed by atoms with Crippen molar-refractivity contribution in [3.63, 3.8) is 0 Å². The number of oxazole rings is 1. The highest BCUT2D eigenvalue weighted by Gasteiger charge is 2.46. The van der Waals surface area contributed by atoms with Gasteiger partial charge < -0.3 is 44.8 Å². The predicted octanol–water partition coefficient (Wildman–Crippen LogP) is 8.82. The van der Waals surface area contributed by atoms with Gasteiger partial charge in [-0.05, 0) is 130 Å². The van der Waals surface area contributed by atoms with Crippen LogP contribution in [0.25, 0.3) is 33.7 Å². The van der Waals surface area contributed by atoms with Gasteiger partial charge in [-0.25, -0.2) is 15.0 Å². The molecule has 7 aromatic rings. The third kappa shape index (κ3) is 12.5. The normalized spacial score (nSPS) is 18.1. The molecule has 0 radical (unpaired) electrons. The summed E-state index contributed by atoms with van der Waals surface area (Å²) >= 11 is 0. The maximum absolute atomic E-state index is 14.0. The van der Waals surface area contributed by atoms with Crippen LogP contribution >= 0.6 is 0 Å². The van der Waals surface area contributed by atoms with Crippen molar-refractivity contribution >= 4 is 40.3 Å². The third-order valence-corrected chi connectivity index (χ3v) is 14.5. The number of fused-ring (bicyclic) bond motifs is 2. The van der Waals surface area contributed by atoms with Crippen molar-refractivity contribution in [1.29, 1.82) is 0 Å². The summed E-state index contributed by atoms with van der Waals surface area (Å²) < 4.78 is 23.9. The Bertz CT molecular complexity index is 3060. The van der Waals surface area contributed by atoms with E-state index in [-0.39, 0.29) is 36.5 Å². The monoisotopic (exact) mass is 1010 g/mol. The number of aromatic nitrogens is 5. The second kappa shape index (κ2) is 23.5. The zero-order valence-electron chi connectivity index (χ0n) is 42.5. The molecule has 0 unspecified atom stereocenters. The first kappa shape index (κ1) is 50.6. The molecule has 0 bridgehead atoms. The fourth-order valence-corrected chi connectivity index (χ4v) is 10.5. The molecular formula is C58H64N10O7. The average Bonchev–Trinajstić information content (AvgIpc) is 4.07. The molecule has 10 rings (SSSR count). The number of nitrogens with two attached hydrogens (primary N) is 1. The van der Waals surface area contributed by atoms with E-state index in [1.165, 1.54) is 0 Å². The second-order valence-corrected chi connectivity index (χ2v) is 19.7. The van der Waals surface area contributed by atoms with Crippen LogP contribution in [-0.4, -0.2) is 98.6 Å². The molecule has 3 amide bonds. The number of piperidine rings is 1. The topological polar surface area (TPSA) is 213 Å². The van der Waals surface area contributed by atoms with Crippen LogP contribution in [0.2, 0.25) is 0 Å². The van der Waals surface area contributed by atoms with Crippen LogP contribution < -0.4 is 30.7 Å². The molecule has 3 aliphatic rings. The predicted molar refractivity (Wildman–Crippen MR) is 285 cm³/mol. The van der Waals surface area contributed by atoms with Gasteiger partial charge in [0, 0.05) is 67.9 Å². The Morgan fingerprint density at radius 1 is 0.827 bits per heavy atom. The molecule has 3 fully saturated rings. The van der Waals surface area contributed by atoms with E-state index in [4.69, 9.17) is 34.3 Å². The van der Waals surface area contributed by atoms with Crippen LogP contribution in [0.15, 0.2) is 120 Å². The molecule has 388 valence electrons. The molecule has 4 aromatic heterocycles. The summed E-state index contributed by atoms with van der Waals surface area (Å²) in [6, 6.07) is 29.5. The number of pyridine rings is 2. The number of likely N-dealkylation sites (tertiary alicyclic amines) is 1. The van der Waals surface area contributed by atoms with Crippen LogP contribution in [0.1, 0.15) is 98.3 Å². The Labute approximate surface area is 436 Å². The minimum absolute atomic E-state index is 0.0472. The van der Waals surface area contributed by atoms with Gasteiger partial charge >= 0.3 is 0 Å². The molecule has 6 heterocycles. The fourth-order valence-electron chi connectivity index (χ4n) is 10.5. The highest BCUT2D eigenvalue weighted by atomic mass is 16.5. The van der Waals surface area contributed by atoms with Gasteiger partial charge in [-0.15, -0.1) is 0 Å². The minimum Gasteiger partial charge on any atom is -0.490 e. The number of aryl methyl sites for hydroxylation is 1. The molecule has 0 spiro atoms. The molecule has 2 aliphatic heterocycles. The first-order chi connectivity index (χ1) is 36.6. The highest BCUT2D eigenvalue weighted by Crippen LogP contribution is 2.42. The first-order valence-electron chi connectivity index (χ1n) is 26.2. The summed E-state index contributed by atoms with van der Waals surface area (Å²) in [5.74, 6) is 3.31. The van der Waals surface area contributed by atoms with Crippen molar-refractivity contribution < 1.29 is 33.0 Å². The molecule has 3 aromatic carbocycles. The molecular weight excluding hydrogens is 949 g/mol. The number of nitrogens with one attached hydrogen (secondary N) is 2. The Balaban J connectivity index is 0.633. The summed E-state index contributed by atoms with van der Waals surface area (Å²) in [6.07, 6.45) is 12.6. The minimum atomic E-state index is -0.409. The lowest BCUT2D eigenvalue weighted by Gasteiger charge is -2.35. The lowest BCUT2D eigenvalue weighted by atomic mass is 9.84. The van der Waals surface area contributed by atoms with E-state index in [2.05, 4.69) is 30.5 Å². The van der Waals surface area contributed by atoms with Crippen LogP contribution in [-0.2, 0) is 20.9 Å². The zero-order valence-corrected chi connectivity index (χ0v) is 42.5. The number of carbonyl (C=O) groups excluding carboxylic acids is 3. The smallest absolute Gasteiger partial charge is 0.251 e. The number of nitrogen functional groups attached to an aromatic ring is 1. The average molecular weight is 1010 g/mol. The molecule has 4 N–H and O–H groups in total. The number of amides is 3. The zero-order chi connectivity index (χ0) is 51.7. The number of carbonyl (C=O) groups is 3. The summed E-state index contributed by atoms with van der Waals surface area (Å²) in [6.45, 7) is 6.52. The largest absolute Gasteiger partial charge is 0.490 e. The fraction of sp³-hybridized carbons (Fsp3) is 0.379. The third-order valence-electron chi connectivity index (χ3n) is 14.5. The molecule has 17 heteroatoms. The maximum Gasteiger partial charge on any atom is 0.251 e. The second-order valence-electron chi connectivity index (χ2n) is 19.7. The summed E-state index contributed by atoms with van der Waals surface area (Å²) in [5.41, 5.74) is 12.7. The lowest BCUT2D eigenvalue weighted by molar-refractivity contribution is -0.134. The molecule has 75 heavy (non-hydrogen) atoms. The van der Waals surface area contributed by atoms with Crippen LogP contribution in [0.3, 0.4) is 0 Å². The standard InChI is InChI=1S/C58H64N10O7/c1-37(63-56(70)41-13-11-39(12-14-41)40-15-17-44(59)18-16-40)49-33-54(65-38(2)64-49)68-51-9-4-3-7-42(51)31-52(68)57(71)61-26-6-10-55(69)67-27-23-46(24-28-67)72-29-30-73-48-20-19-45(62-35-48)36-74-47-21-22-53-50(32-47)66-58(75-53)43-8-5-25-60-34-43/h5,8,11-22,25,32-35,37,42,46,51-52H,3-4,6-7,9-10,23-24,26-31,36,59H2,1-2H3,(H,61,71)(H,63,70)/t37-,42-,51-,52-/m0/s1. The van der Waals surface area contributed by atoms with Crippen molar-refractivity contribution in [2.75, 3.05) is 43.5 Å². The van der Waals surface area contributed by atoms with Crippen LogP contribution in [0.5, 0.6) is 11.5 Å². The lowest BCUT2D eigenvalue weighted by Crippen LogP contribution is -2.47. The van der Waals surface area contributed by atoms with Gasteiger partial charge in [0.1, 0.15) is 47.9 Å². The van der Waals surface area contributed by atoms with Gasteiger partial charge in [-0.2, -0.15) is 0 Å². The molecule has 1 saturated carbocycles. The van der Waals surface area contributed by atoms with E-state index in [1.807, 2.05) is 116 Å². The molecule has 4 atom stereocenters.